The molecule has 2 rings (SSSR count). The Balaban J connectivity index is 2.06. The molecule has 0 spiro atoms. The highest BCUT2D eigenvalue weighted by Gasteiger charge is 2.14. The first-order valence-corrected chi connectivity index (χ1v) is 7.10. The molecule has 2 N–H and O–H groups in total. The van der Waals surface area contributed by atoms with Gasteiger partial charge >= 0.3 is 0 Å². The summed E-state index contributed by atoms with van der Waals surface area (Å²) in [7, 11) is 0. The molecule has 0 aliphatic rings. The monoisotopic (exact) mass is 300 g/mol. The summed E-state index contributed by atoms with van der Waals surface area (Å²) in [6.07, 6.45) is 2.60. The molecule has 2 heterocycles. The van der Waals surface area contributed by atoms with E-state index in [-0.39, 0.29) is 18.0 Å². The number of aliphatic hydroxyl groups is 1. The van der Waals surface area contributed by atoms with Crippen molar-refractivity contribution >= 4 is 10.9 Å². The Morgan fingerprint density at radius 2 is 2.23 bits per heavy atom. The van der Waals surface area contributed by atoms with E-state index in [0.717, 1.165) is 5.39 Å². The highest BCUT2D eigenvalue weighted by molar-refractivity contribution is 5.79. The molecule has 0 saturated heterocycles. The van der Waals surface area contributed by atoms with Gasteiger partial charge in [-0.05, 0) is 32.9 Å². The van der Waals surface area contributed by atoms with Gasteiger partial charge in [0.15, 0.2) is 0 Å². The van der Waals surface area contributed by atoms with Crippen LogP contribution < -0.4 is 10.1 Å². The molecule has 0 radical (unpaired) electrons. The van der Waals surface area contributed by atoms with Crippen molar-refractivity contribution in [1.82, 2.24) is 15.3 Å². The summed E-state index contributed by atoms with van der Waals surface area (Å²) < 4.78 is 5.52. The number of hydrogen-bond donors (Lipinski definition) is 2. The number of nitriles is 1. The van der Waals surface area contributed by atoms with Gasteiger partial charge in [-0.2, -0.15) is 5.26 Å². The van der Waals surface area contributed by atoms with Crippen molar-refractivity contribution in [1.29, 1.82) is 5.26 Å². The van der Waals surface area contributed by atoms with Crippen LogP contribution in [-0.2, 0) is 0 Å². The predicted octanol–water partition coefficient (Wildman–Crippen LogP) is 1.63. The summed E-state index contributed by atoms with van der Waals surface area (Å²) in [5.41, 5.74) is 0.954. The minimum Gasteiger partial charge on any atom is -0.474 e. The highest BCUT2D eigenvalue weighted by atomic mass is 16.5. The maximum atomic E-state index is 9.94. The molecule has 1 unspecified atom stereocenters. The van der Waals surface area contributed by atoms with E-state index < -0.39 is 6.10 Å². The minimum atomic E-state index is -0.680. The van der Waals surface area contributed by atoms with Gasteiger partial charge in [0.25, 0.3) is 0 Å². The molecule has 2 aromatic rings. The van der Waals surface area contributed by atoms with Crippen LogP contribution in [0.2, 0.25) is 0 Å². The van der Waals surface area contributed by atoms with Crippen molar-refractivity contribution in [2.75, 3.05) is 13.2 Å². The third kappa shape index (κ3) is 4.38. The third-order valence-corrected chi connectivity index (χ3v) is 2.98. The van der Waals surface area contributed by atoms with Crippen molar-refractivity contribution in [2.24, 2.45) is 0 Å². The molecule has 1 atom stereocenters. The first kappa shape index (κ1) is 16.1. The number of nitrogens with zero attached hydrogens (tertiary/aromatic N) is 3. The average molecular weight is 300 g/mol. The smallest absolute Gasteiger partial charge is 0.232 e. The Bertz CT molecular complexity index is 689. The molecule has 0 amide bonds. The first-order valence-electron chi connectivity index (χ1n) is 7.10. The van der Waals surface area contributed by atoms with Gasteiger partial charge < -0.3 is 15.2 Å². The molecule has 0 aliphatic carbocycles. The van der Waals surface area contributed by atoms with E-state index >= 15 is 0 Å². The number of aromatic nitrogens is 2. The Hall–Kier alpha value is -2.23. The van der Waals surface area contributed by atoms with E-state index in [2.05, 4.69) is 21.4 Å². The molecule has 0 saturated carbocycles. The Morgan fingerprint density at radius 1 is 1.45 bits per heavy atom. The minimum absolute atomic E-state index is 0.0708. The van der Waals surface area contributed by atoms with Gasteiger partial charge in [-0.15, -0.1) is 0 Å². The number of fused-ring (bicyclic) bond motifs is 1. The van der Waals surface area contributed by atoms with Gasteiger partial charge in [-0.3, -0.25) is 4.98 Å². The van der Waals surface area contributed by atoms with Gasteiger partial charge in [-0.1, -0.05) is 0 Å². The highest BCUT2D eigenvalue weighted by Crippen LogP contribution is 2.21. The van der Waals surface area contributed by atoms with Crippen LogP contribution >= 0.6 is 0 Å². The van der Waals surface area contributed by atoms with Crippen molar-refractivity contribution < 1.29 is 9.84 Å². The summed E-state index contributed by atoms with van der Waals surface area (Å²) in [6.45, 7) is 6.54. The second kappa shape index (κ2) is 6.69. The summed E-state index contributed by atoms with van der Waals surface area (Å²) in [5, 5.41) is 23.1. The van der Waals surface area contributed by atoms with E-state index in [1.807, 2.05) is 20.8 Å². The zero-order valence-electron chi connectivity index (χ0n) is 13.0. The van der Waals surface area contributed by atoms with E-state index in [0.29, 0.717) is 17.6 Å². The number of hydrogen-bond acceptors (Lipinski definition) is 6. The molecular formula is C16H20N4O2. The lowest BCUT2D eigenvalue weighted by Gasteiger charge is -2.22. The Labute approximate surface area is 129 Å². The van der Waals surface area contributed by atoms with Gasteiger partial charge in [0.2, 0.25) is 5.88 Å². The lowest BCUT2D eigenvalue weighted by Crippen LogP contribution is -2.42. The number of β-amino-alcohol motifs (C(OH)–C–C–N with tert-alkyl or cyclic N) is 1. The number of aliphatic hydroxyl groups excluding tert-OH is 1. The van der Waals surface area contributed by atoms with Crippen molar-refractivity contribution in [3.63, 3.8) is 0 Å². The van der Waals surface area contributed by atoms with Crippen LogP contribution in [0, 0.1) is 11.3 Å². The second-order valence-corrected chi connectivity index (χ2v) is 6.12. The van der Waals surface area contributed by atoms with E-state index in [1.165, 1.54) is 0 Å². The lowest BCUT2D eigenvalue weighted by molar-refractivity contribution is 0.0978. The molecule has 0 bridgehead atoms. The van der Waals surface area contributed by atoms with Gasteiger partial charge in [0.05, 0.1) is 5.52 Å². The molecular weight excluding hydrogens is 280 g/mol. The predicted molar refractivity (Wildman–Crippen MR) is 83.5 cm³/mol. The zero-order valence-corrected chi connectivity index (χ0v) is 13.0. The normalized spacial score (nSPS) is 12.9. The average Bonchev–Trinajstić information content (AvgIpc) is 2.49. The first-order chi connectivity index (χ1) is 10.4. The van der Waals surface area contributed by atoms with Gasteiger partial charge in [0, 0.05) is 29.9 Å². The maximum absolute atomic E-state index is 9.94. The van der Waals surface area contributed by atoms with Crippen molar-refractivity contribution in [2.45, 2.75) is 32.4 Å². The van der Waals surface area contributed by atoms with Crippen LogP contribution in [0.1, 0.15) is 26.3 Å². The molecule has 116 valence electrons. The summed E-state index contributed by atoms with van der Waals surface area (Å²) >= 11 is 0. The Morgan fingerprint density at radius 3 is 2.91 bits per heavy atom. The SMILES string of the molecule is CC(C)(C)NCC(O)COc1nc2ccncc2cc1C#N. The molecule has 22 heavy (non-hydrogen) atoms. The molecule has 6 nitrogen and oxygen atoms in total. The van der Waals surface area contributed by atoms with Crippen LogP contribution in [0.25, 0.3) is 10.9 Å². The van der Waals surface area contributed by atoms with Crippen LogP contribution in [0.15, 0.2) is 24.5 Å². The molecule has 2 aromatic heterocycles. The number of ether oxygens (including phenoxy) is 1. The third-order valence-electron chi connectivity index (χ3n) is 2.98. The fourth-order valence-corrected chi connectivity index (χ4v) is 1.85. The quantitative estimate of drug-likeness (QED) is 0.872. The topological polar surface area (TPSA) is 91.1 Å². The van der Waals surface area contributed by atoms with Crippen molar-refractivity contribution in [3.05, 3.63) is 30.1 Å². The second-order valence-electron chi connectivity index (χ2n) is 6.12. The lowest BCUT2D eigenvalue weighted by atomic mass is 10.1. The number of pyridine rings is 2. The molecule has 0 aromatic carbocycles. The van der Waals surface area contributed by atoms with Crippen LogP contribution in [0.4, 0.5) is 0 Å². The zero-order chi connectivity index (χ0) is 16.2. The van der Waals surface area contributed by atoms with Crippen LogP contribution in [0.5, 0.6) is 5.88 Å². The van der Waals surface area contributed by atoms with E-state index in [4.69, 9.17) is 4.74 Å². The van der Waals surface area contributed by atoms with Gasteiger partial charge in [0.1, 0.15) is 24.3 Å². The van der Waals surface area contributed by atoms with E-state index in [9.17, 15) is 10.4 Å². The van der Waals surface area contributed by atoms with Crippen molar-refractivity contribution in [3.8, 4) is 11.9 Å². The van der Waals surface area contributed by atoms with E-state index in [1.54, 1.807) is 24.5 Å². The standard InChI is InChI=1S/C16H20N4O2/c1-16(2,3)19-9-13(21)10-22-15-11(7-17)6-12-8-18-5-4-14(12)20-15/h4-6,8,13,19,21H,9-10H2,1-3H3. The number of nitrogens with one attached hydrogen (secondary N) is 1. The largest absolute Gasteiger partial charge is 0.474 e. The summed E-state index contributed by atoms with van der Waals surface area (Å²) in [6, 6.07) is 5.49. The fraction of sp³-hybridized carbons (Fsp3) is 0.438. The molecule has 0 aliphatic heterocycles. The summed E-state index contributed by atoms with van der Waals surface area (Å²) in [5.74, 6) is 0.232. The molecule has 0 fully saturated rings. The van der Waals surface area contributed by atoms with Crippen LogP contribution in [0.3, 0.4) is 0 Å². The van der Waals surface area contributed by atoms with Crippen LogP contribution in [-0.4, -0.2) is 39.9 Å². The van der Waals surface area contributed by atoms with Gasteiger partial charge in [-0.25, -0.2) is 4.98 Å². The Kier molecular flexibility index (Phi) is 4.91. The summed E-state index contributed by atoms with van der Waals surface area (Å²) in [4.78, 5) is 8.31. The maximum Gasteiger partial charge on any atom is 0.232 e. The molecule has 6 heteroatoms. The number of rotatable bonds is 5. The fourth-order valence-electron chi connectivity index (χ4n) is 1.85.